The SMILES string of the molecule is CN=C(NCc1cc(C(F)(F)F)ccc1N1CCN(C)CC1)NCC(C)(C)OC. The van der Waals surface area contributed by atoms with Crippen molar-refractivity contribution in [3.05, 3.63) is 29.3 Å². The fourth-order valence-electron chi connectivity index (χ4n) is 3.03. The van der Waals surface area contributed by atoms with Gasteiger partial charge in [0.1, 0.15) is 0 Å². The highest BCUT2D eigenvalue weighted by atomic mass is 19.4. The minimum Gasteiger partial charge on any atom is -0.377 e. The van der Waals surface area contributed by atoms with Crippen molar-refractivity contribution in [2.45, 2.75) is 32.2 Å². The third-order valence-electron chi connectivity index (χ3n) is 5.15. The van der Waals surface area contributed by atoms with Gasteiger partial charge in [0, 0.05) is 59.1 Å². The van der Waals surface area contributed by atoms with Crippen molar-refractivity contribution in [3.8, 4) is 0 Å². The molecule has 0 aliphatic carbocycles. The number of nitrogens with zero attached hydrogens (tertiary/aromatic N) is 3. The van der Waals surface area contributed by atoms with Gasteiger partial charge in [-0.2, -0.15) is 13.2 Å². The maximum atomic E-state index is 13.3. The van der Waals surface area contributed by atoms with Crippen molar-refractivity contribution < 1.29 is 17.9 Å². The van der Waals surface area contributed by atoms with Gasteiger partial charge >= 0.3 is 6.18 Å². The molecule has 1 aliphatic rings. The van der Waals surface area contributed by atoms with Crippen LogP contribution in [0.4, 0.5) is 18.9 Å². The normalized spacial score (nSPS) is 16.8. The van der Waals surface area contributed by atoms with Crippen LogP contribution in [0.25, 0.3) is 0 Å². The summed E-state index contributed by atoms with van der Waals surface area (Å²) in [6, 6.07) is 3.97. The maximum absolute atomic E-state index is 13.3. The van der Waals surface area contributed by atoms with Gasteiger partial charge in [-0.25, -0.2) is 0 Å². The van der Waals surface area contributed by atoms with E-state index in [9.17, 15) is 13.2 Å². The van der Waals surface area contributed by atoms with E-state index >= 15 is 0 Å². The van der Waals surface area contributed by atoms with Crippen LogP contribution in [0.3, 0.4) is 0 Å². The fourth-order valence-corrected chi connectivity index (χ4v) is 3.03. The number of hydrogen-bond acceptors (Lipinski definition) is 4. The lowest BCUT2D eigenvalue weighted by atomic mass is 10.1. The van der Waals surface area contributed by atoms with Gasteiger partial charge in [-0.3, -0.25) is 4.99 Å². The first-order chi connectivity index (χ1) is 13.6. The summed E-state index contributed by atoms with van der Waals surface area (Å²) in [7, 11) is 5.30. The summed E-state index contributed by atoms with van der Waals surface area (Å²) >= 11 is 0. The molecule has 9 heteroatoms. The van der Waals surface area contributed by atoms with E-state index in [0.29, 0.717) is 18.1 Å². The summed E-state index contributed by atoms with van der Waals surface area (Å²) in [6.07, 6.45) is -4.38. The summed E-state index contributed by atoms with van der Waals surface area (Å²) < 4.78 is 45.1. The molecule has 0 radical (unpaired) electrons. The van der Waals surface area contributed by atoms with Crippen LogP contribution in [0.2, 0.25) is 0 Å². The van der Waals surface area contributed by atoms with Gasteiger partial charge < -0.3 is 25.2 Å². The highest BCUT2D eigenvalue weighted by Crippen LogP contribution is 2.33. The molecular formula is C20H32F3N5O. The van der Waals surface area contributed by atoms with E-state index in [1.165, 1.54) is 6.07 Å². The summed E-state index contributed by atoms with van der Waals surface area (Å²) in [5.74, 6) is 0.511. The molecule has 0 amide bonds. The van der Waals surface area contributed by atoms with Gasteiger partial charge in [0.25, 0.3) is 0 Å². The molecule has 2 rings (SSSR count). The van der Waals surface area contributed by atoms with Crippen LogP contribution in [-0.4, -0.2) is 70.4 Å². The molecule has 0 atom stereocenters. The Morgan fingerprint density at radius 3 is 2.34 bits per heavy atom. The number of aliphatic imine (C=N–C) groups is 1. The summed E-state index contributed by atoms with van der Waals surface area (Å²) in [5.41, 5.74) is 0.388. The van der Waals surface area contributed by atoms with Crippen LogP contribution >= 0.6 is 0 Å². The number of methoxy groups -OCH3 is 1. The van der Waals surface area contributed by atoms with Crippen LogP contribution in [0.5, 0.6) is 0 Å². The number of nitrogens with one attached hydrogen (secondary N) is 2. The van der Waals surface area contributed by atoms with Crippen LogP contribution in [0, 0.1) is 0 Å². The van der Waals surface area contributed by atoms with Crippen LogP contribution in [0.15, 0.2) is 23.2 Å². The van der Waals surface area contributed by atoms with E-state index in [2.05, 4.69) is 25.4 Å². The largest absolute Gasteiger partial charge is 0.416 e. The van der Waals surface area contributed by atoms with E-state index in [1.54, 1.807) is 20.2 Å². The van der Waals surface area contributed by atoms with Crippen molar-refractivity contribution in [1.82, 2.24) is 15.5 Å². The van der Waals surface area contributed by atoms with Crippen molar-refractivity contribution in [2.75, 3.05) is 58.8 Å². The first kappa shape index (κ1) is 23.3. The molecule has 6 nitrogen and oxygen atoms in total. The van der Waals surface area contributed by atoms with Gasteiger partial charge in [0.2, 0.25) is 0 Å². The summed E-state index contributed by atoms with van der Waals surface area (Å²) in [4.78, 5) is 8.51. The second-order valence-corrected chi connectivity index (χ2v) is 7.87. The number of ether oxygens (including phenoxy) is 1. The van der Waals surface area contributed by atoms with Gasteiger partial charge in [-0.05, 0) is 44.7 Å². The van der Waals surface area contributed by atoms with E-state index in [-0.39, 0.29) is 6.54 Å². The molecule has 1 aromatic carbocycles. The van der Waals surface area contributed by atoms with Crippen LogP contribution in [0.1, 0.15) is 25.0 Å². The molecule has 1 heterocycles. The second kappa shape index (κ2) is 9.67. The lowest BCUT2D eigenvalue weighted by Gasteiger charge is -2.35. The predicted molar refractivity (Wildman–Crippen MR) is 110 cm³/mol. The number of alkyl halides is 3. The average Bonchev–Trinajstić information content (AvgIpc) is 2.68. The number of rotatable bonds is 6. The van der Waals surface area contributed by atoms with Crippen molar-refractivity contribution in [2.24, 2.45) is 4.99 Å². The molecule has 29 heavy (non-hydrogen) atoms. The highest BCUT2D eigenvalue weighted by molar-refractivity contribution is 5.80. The molecular weight excluding hydrogens is 383 g/mol. The molecule has 2 N–H and O–H groups in total. The number of benzene rings is 1. The molecule has 1 aliphatic heterocycles. The third kappa shape index (κ3) is 6.78. The zero-order valence-electron chi connectivity index (χ0n) is 17.9. The smallest absolute Gasteiger partial charge is 0.377 e. The molecule has 0 spiro atoms. The standard InChI is InChI=1S/C20H32F3N5O/c1-19(2,29-5)14-26-18(24-3)25-13-15-12-16(20(21,22)23)6-7-17(15)28-10-8-27(4)9-11-28/h6-7,12H,8-11,13-14H2,1-5H3,(H2,24,25,26). The lowest BCUT2D eigenvalue weighted by molar-refractivity contribution is -0.137. The quantitative estimate of drug-likeness (QED) is 0.553. The number of piperazine rings is 1. The first-order valence-corrected chi connectivity index (χ1v) is 9.69. The van der Waals surface area contributed by atoms with Crippen LogP contribution < -0.4 is 15.5 Å². The van der Waals surface area contributed by atoms with Gasteiger partial charge in [0.05, 0.1) is 11.2 Å². The van der Waals surface area contributed by atoms with Crippen LogP contribution in [-0.2, 0) is 17.5 Å². The lowest BCUT2D eigenvalue weighted by Crippen LogP contribution is -2.46. The number of anilines is 1. The zero-order chi connectivity index (χ0) is 21.7. The van der Waals surface area contributed by atoms with E-state index < -0.39 is 17.3 Å². The Kier molecular flexibility index (Phi) is 7.76. The molecule has 1 saturated heterocycles. The third-order valence-corrected chi connectivity index (χ3v) is 5.15. The fraction of sp³-hybridized carbons (Fsp3) is 0.650. The van der Waals surface area contributed by atoms with Gasteiger partial charge in [-0.15, -0.1) is 0 Å². The maximum Gasteiger partial charge on any atom is 0.416 e. The molecule has 0 unspecified atom stereocenters. The minimum absolute atomic E-state index is 0.235. The van der Waals surface area contributed by atoms with Crippen molar-refractivity contribution in [1.29, 1.82) is 0 Å². The first-order valence-electron chi connectivity index (χ1n) is 9.69. The molecule has 0 bridgehead atoms. The monoisotopic (exact) mass is 415 g/mol. The Hall–Kier alpha value is -2.00. The average molecular weight is 416 g/mol. The molecule has 164 valence electrons. The number of likely N-dealkylation sites (N-methyl/N-ethyl adjacent to an activating group) is 1. The summed E-state index contributed by atoms with van der Waals surface area (Å²) in [5, 5.41) is 6.28. The van der Waals surface area contributed by atoms with Gasteiger partial charge in [0.15, 0.2) is 5.96 Å². The number of hydrogen-bond donors (Lipinski definition) is 2. The Bertz CT molecular complexity index is 698. The van der Waals surface area contributed by atoms with Crippen molar-refractivity contribution >= 4 is 11.6 Å². The van der Waals surface area contributed by atoms with E-state index in [4.69, 9.17) is 4.74 Å². The Balaban J connectivity index is 2.17. The molecule has 0 aromatic heterocycles. The molecule has 1 aromatic rings. The van der Waals surface area contributed by atoms with Gasteiger partial charge in [-0.1, -0.05) is 0 Å². The Labute approximate surface area is 171 Å². The highest BCUT2D eigenvalue weighted by Gasteiger charge is 2.31. The Morgan fingerprint density at radius 2 is 1.79 bits per heavy atom. The molecule has 0 saturated carbocycles. The predicted octanol–water partition coefficient (Wildman–Crippen LogP) is 2.55. The van der Waals surface area contributed by atoms with E-state index in [1.807, 2.05) is 20.9 Å². The number of guanidine groups is 1. The second-order valence-electron chi connectivity index (χ2n) is 7.87. The number of halogens is 3. The topological polar surface area (TPSA) is 52.1 Å². The van der Waals surface area contributed by atoms with E-state index in [0.717, 1.165) is 37.9 Å². The Morgan fingerprint density at radius 1 is 1.14 bits per heavy atom. The zero-order valence-corrected chi connectivity index (χ0v) is 17.9. The van der Waals surface area contributed by atoms with Crippen molar-refractivity contribution in [3.63, 3.8) is 0 Å². The minimum atomic E-state index is -4.38. The summed E-state index contributed by atoms with van der Waals surface area (Å²) in [6.45, 7) is 7.94. The molecule has 1 fully saturated rings.